The largest absolute Gasteiger partial charge is 0.481 e. The van der Waals surface area contributed by atoms with Crippen LogP contribution < -0.4 is 0 Å². The van der Waals surface area contributed by atoms with Crippen LogP contribution in [0.15, 0.2) is 12.2 Å². The van der Waals surface area contributed by atoms with Crippen LogP contribution in [-0.4, -0.2) is 23.1 Å². The molecule has 0 rings (SSSR count). The van der Waals surface area contributed by atoms with Crippen molar-refractivity contribution in [2.24, 2.45) is 0 Å². The van der Waals surface area contributed by atoms with E-state index in [0.29, 0.717) is 6.42 Å². The third-order valence-corrected chi connectivity index (χ3v) is 9.99. The van der Waals surface area contributed by atoms with Crippen LogP contribution in [0.5, 0.6) is 0 Å². The highest BCUT2D eigenvalue weighted by Crippen LogP contribution is 2.19. The van der Waals surface area contributed by atoms with E-state index in [1.807, 2.05) is 0 Å². The van der Waals surface area contributed by atoms with Crippen LogP contribution >= 0.6 is 0 Å². The second kappa shape index (κ2) is 40.1. The molecule has 48 heavy (non-hydrogen) atoms. The number of allylic oxidation sites excluding steroid dienone is 2. The molecule has 0 aliphatic rings. The molecule has 4 heteroatoms. The molecular formula is C44H84O4. The summed E-state index contributed by atoms with van der Waals surface area (Å²) in [7, 11) is 0. The van der Waals surface area contributed by atoms with Crippen molar-refractivity contribution in [1.82, 2.24) is 0 Å². The Morgan fingerprint density at radius 3 is 1.12 bits per heavy atom. The standard InChI is InChI=1S/C44H84O4/c1-3-5-7-9-11-13-14-15-16-17-18-19-20-21-22-23-24-25-27-33-37-41-44(47)48-42(38-34-30-26-12-10-8-6-4-2)39-35-31-28-29-32-36-40-43(45)46/h15-16,42H,3-14,17-41H2,1-2H3,(H,45,46)/b16-15-. The molecule has 0 aliphatic heterocycles. The van der Waals surface area contributed by atoms with E-state index in [0.717, 1.165) is 70.6 Å². The summed E-state index contributed by atoms with van der Waals surface area (Å²) in [5.74, 6) is -0.675. The lowest BCUT2D eigenvalue weighted by Crippen LogP contribution is -2.18. The highest BCUT2D eigenvalue weighted by atomic mass is 16.5. The Labute approximate surface area is 300 Å². The quantitative estimate of drug-likeness (QED) is 0.0398. The van der Waals surface area contributed by atoms with Gasteiger partial charge in [-0.2, -0.15) is 0 Å². The lowest BCUT2D eigenvalue weighted by molar-refractivity contribution is -0.150. The van der Waals surface area contributed by atoms with Crippen LogP contribution in [0.4, 0.5) is 0 Å². The fraction of sp³-hybridized carbons (Fsp3) is 0.909. The minimum absolute atomic E-state index is 0.0153. The van der Waals surface area contributed by atoms with Gasteiger partial charge in [-0.25, -0.2) is 0 Å². The minimum Gasteiger partial charge on any atom is -0.481 e. The monoisotopic (exact) mass is 677 g/mol. The first kappa shape index (κ1) is 46.7. The van der Waals surface area contributed by atoms with E-state index in [1.54, 1.807) is 0 Å². The number of aliphatic carboxylic acids is 1. The van der Waals surface area contributed by atoms with Gasteiger partial charge >= 0.3 is 11.9 Å². The van der Waals surface area contributed by atoms with Crippen LogP contribution in [0.2, 0.25) is 0 Å². The van der Waals surface area contributed by atoms with Crippen LogP contribution in [0, 0.1) is 0 Å². The minimum atomic E-state index is -0.690. The maximum Gasteiger partial charge on any atom is 0.306 e. The van der Waals surface area contributed by atoms with Crippen molar-refractivity contribution in [1.29, 1.82) is 0 Å². The molecule has 0 saturated heterocycles. The summed E-state index contributed by atoms with van der Waals surface area (Å²) in [6.45, 7) is 4.55. The van der Waals surface area contributed by atoms with E-state index >= 15 is 0 Å². The Kier molecular flexibility index (Phi) is 39.0. The Morgan fingerprint density at radius 2 is 0.750 bits per heavy atom. The molecule has 4 nitrogen and oxygen atoms in total. The number of carboxylic acids is 1. The number of ether oxygens (including phenoxy) is 1. The van der Waals surface area contributed by atoms with Crippen LogP contribution in [0.1, 0.15) is 251 Å². The van der Waals surface area contributed by atoms with Crippen molar-refractivity contribution in [3.8, 4) is 0 Å². The zero-order valence-electron chi connectivity index (χ0n) is 32.6. The molecule has 1 N–H and O–H groups in total. The first-order valence-electron chi connectivity index (χ1n) is 21.7. The Hall–Kier alpha value is -1.32. The fourth-order valence-corrected chi connectivity index (χ4v) is 6.77. The van der Waals surface area contributed by atoms with E-state index in [2.05, 4.69) is 26.0 Å². The summed E-state index contributed by atoms with van der Waals surface area (Å²) in [6.07, 6.45) is 49.6. The number of hydrogen-bond acceptors (Lipinski definition) is 3. The Morgan fingerprint density at radius 1 is 0.438 bits per heavy atom. The molecule has 1 unspecified atom stereocenters. The van der Waals surface area contributed by atoms with Crippen molar-refractivity contribution in [2.75, 3.05) is 0 Å². The molecule has 284 valence electrons. The zero-order chi connectivity index (χ0) is 35.0. The van der Waals surface area contributed by atoms with Gasteiger partial charge in [-0.1, -0.05) is 187 Å². The van der Waals surface area contributed by atoms with Gasteiger partial charge < -0.3 is 9.84 Å². The fourth-order valence-electron chi connectivity index (χ4n) is 6.77. The van der Waals surface area contributed by atoms with E-state index in [1.165, 1.54) is 154 Å². The number of carboxylic acid groups (broad SMARTS) is 1. The third kappa shape index (κ3) is 39.1. The van der Waals surface area contributed by atoms with Gasteiger partial charge in [0.2, 0.25) is 0 Å². The molecule has 0 aliphatic carbocycles. The van der Waals surface area contributed by atoms with Crippen LogP contribution in [-0.2, 0) is 14.3 Å². The molecular weight excluding hydrogens is 592 g/mol. The molecule has 0 aromatic rings. The van der Waals surface area contributed by atoms with Crippen LogP contribution in [0.25, 0.3) is 0 Å². The van der Waals surface area contributed by atoms with E-state index < -0.39 is 5.97 Å². The van der Waals surface area contributed by atoms with Gasteiger partial charge in [-0.15, -0.1) is 0 Å². The van der Waals surface area contributed by atoms with Crippen molar-refractivity contribution < 1.29 is 19.4 Å². The lowest BCUT2D eigenvalue weighted by atomic mass is 10.0. The smallest absolute Gasteiger partial charge is 0.306 e. The van der Waals surface area contributed by atoms with Gasteiger partial charge in [0, 0.05) is 12.8 Å². The first-order valence-corrected chi connectivity index (χ1v) is 21.7. The summed E-state index contributed by atoms with van der Waals surface area (Å²) >= 11 is 0. The van der Waals surface area contributed by atoms with E-state index in [9.17, 15) is 9.59 Å². The molecule has 1 atom stereocenters. The number of carbonyl (C=O) groups excluding carboxylic acids is 1. The van der Waals surface area contributed by atoms with Crippen LogP contribution in [0.3, 0.4) is 0 Å². The number of hydrogen-bond donors (Lipinski definition) is 1. The molecule has 0 aromatic heterocycles. The topological polar surface area (TPSA) is 63.6 Å². The number of unbranched alkanes of at least 4 members (excludes halogenated alkanes) is 29. The highest BCUT2D eigenvalue weighted by molar-refractivity contribution is 5.69. The third-order valence-electron chi connectivity index (χ3n) is 9.99. The molecule has 0 heterocycles. The summed E-state index contributed by atoms with van der Waals surface area (Å²) in [4.78, 5) is 23.3. The first-order chi connectivity index (χ1) is 23.6. The zero-order valence-corrected chi connectivity index (χ0v) is 32.6. The average molecular weight is 677 g/mol. The van der Waals surface area contributed by atoms with Gasteiger partial charge in [0.05, 0.1) is 0 Å². The van der Waals surface area contributed by atoms with Gasteiger partial charge in [0.25, 0.3) is 0 Å². The summed E-state index contributed by atoms with van der Waals surface area (Å²) in [5.41, 5.74) is 0. The van der Waals surface area contributed by atoms with Crippen molar-refractivity contribution in [2.45, 2.75) is 258 Å². The second-order valence-corrected chi connectivity index (χ2v) is 14.9. The van der Waals surface area contributed by atoms with E-state index in [-0.39, 0.29) is 18.5 Å². The van der Waals surface area contributed by atoms with Gasteiger partial charge in [0.15, 0.2) is 0 Å². The number of esters is 1. The average Bonchev–Trinajstić information content (AvgIpc) is 3.07. The SMILES string of the molecule is CCCCCCCC/C=C\CCCCCCCCCCCCCC(=O)OC(CCCCCCCCCC)CCCCCCCCC(=O)O. The van der Waals surface area contributed by atoms with Crippen molar-refractivity contribution in [3.63, 3.8) is 0 Å². The molecule has 0 aromatic carbocycles. The predicted octanol–water partition coefficient (Wildman–Crippen LogP) is 15.0. The number of carbonyl (C=O) groups is 2. The van der Waals surface area contributed by atoms with Gasteiger partial charge in [-0.3, -0.25) is 9.59 Å². The van der Waals surface area contributed by atoms with Gasteiger partial charge in [-0.05, 0) is 64.2 Å². The maximum atomic E-state index is 12.7. The van der Waals surface area contributed by atoms with E-state index in [4.69, 9.17) is 9.84 Å². The van der Waals surface area contributed by atoms with Crippen molar-refractivity contribution in [3.05, 3.63) is 12.2 Å². The summed E-state index contributed by atoms with van der Waals surface area (Å²) < 4.78 is 6.02. The molecule has 0 amide bonds. The highest BCUT2D eigenvalue weighted by Gasteiger charge is 2.14. The molecule has 0 radical (unpaired) electrons. The summed E-state index contributed by atoms with van der Waals surface area (Å²) in [5, 5.41) is 8.79. The Bertz CT molecular complexity index is 687. The molecule has 0 spiro atoms. The summed E-state index contributed by atoms with van der Waals surface area (Å²) in [6, 6.07) is 0. The number of rotatable bonds is 40. The molecule has 0 saturated carbocycles. The predicted molar refractivity (Wildman–Crippen MR) is 209 cm³/mol. The maximum absolute atomic E-state index is 12.7. The Balaban J connectivity index is 3.83. The van der Waals surface area contributed by atoms with Gasteiger partial charge in [0.1, 0.15) is 6.10 Å². The molecule has 0 fully saturated rings. The van der Waals surface area contributed by atoms with Crippen molar-refractivity contribution >= 4 is 11.9 Å². The lowest BCUT2D eigenvalue weighted by Gasteiger charge is -2.18. The molecule has 0 bridgehead atoms. The second-order valence-electron chi connectivity index (χ2n) is 14.9. The normalized spacial score (nSPS) is 12.2.